The first kappa shape index (κ1) is 23.5. The molecule has 1 spiro atoms. The van der Waals surface area contributed by atoms with Gasteiger partial charge in [0.1, 0.15) is 17.8 Å². The van der Waals surface area contributed by atoms with Gasteiger partial charge in [0.15, 0.2) is 5.82 Å². The lowest BCUT2D eigenvalue weighted by atomic mass is 9.77. The number of H-pyrrole nitrogens is 1. The van der Waals surface area contributed by atoms with E-state index in [0.29, 0.717) is 36.1 Å². The smallest absolute Gasteiger partial charge is 0.244 e. The molecule has 1 aromatic carbocycles. The van der Waals surface area contributed by atoms with Crippen LogP contribution in [0.1, 0.15) is 48.5 Å². The summed E-state index contributed by atoms with van der Waals surface area (Å²) in [5, 5.41) is 9.85. The van der Waals surface area contributed by atoms with Crippen molar-refractivity contribution in [3.63, 3.8) is 0 Å². The summed E-state index contributed by atoms with van der Waals surface area (Å²) in [5.41, 5.74) is 13.4. The van der Waals surface area contributed by atoms with Crippen molar-refractivity contribution < 1.29 is 19.1 Å². The number of anilines is 1. The van der Waals surface area contributed by atoms with E-state index in [2.05, 4.69) is 49.6 Å². The number of nitrogens with two attached hydrogens (primary N) is 1. The molecule has 4 saturated heterocycles. The van der Waals surface area contributed by atoms with Crippen LogP contribution in [-0.2, 0) is 32.2 Å². The maximum Gasteiger partial charge on any atom is 0.244 e. The molecule has 7 heterocycles. The number of imide groups is 1. The fourth-order valence-electron chi connectivity index (χ4n) is 6.79. The standard InChI is InChI=1S/C28H31N7O4/c29-25-23-22(32-33-25)17(11-34-7-5-28(6-8-34)13-38-14-28)10-19(30-23)15-1-2-18-16(9-15)12-35(27-24(18)39-27)20-3-4-21(36)31-26(20)37/h1-2,9-10,20,24,27H,3-8,11-14H2,(H3,29,32,33)(H,31,36,37). The predicted octanol–water partition coefficient (Wildman–Crippen LogP) is 1.84. The fourth-order valence-corrected chi connectivity index (χ4v) is 6.79. The van der Waals surface area contributed by atoms with Crippen LogP contribution in [0.15, 0.2) is 24.3 Å². The van der Waals surface area contributed by atoms with E-state index in [0.717, 1.165) is 79.2 Å². The second-order valence-electron chi connectivity index (χ2n) is 11.8. The average molecular weight is 530 g/mol. The van der Waals surface area contributed by atoms with Gasteiger partial charge in [-0.1, -0.05) is 12.1 Å². The number of epoxide rings is 1. The van der Waals surface area contributed by atoms with Gasteiger partial charge in [-0.15, -0.1) is 0 Å². The number of pyridine rings is 1. The molecule has 0 bridgehead atoms. The summed E-state index contributed by atoms with van der Waals surface area (Å²) < 4.78 is 11.5. The Hall–Kier alpha value is -3.38. The molecule has 39 heavy (non-hydrogen) atoms. The van der Waals surface area contributed by atoms with Crippen molar-refractivity contribution in [1.29, 1.82) is 0 Å². The van der Waals surface area contributed by atoms with Gasteiger partial charge in [-0.2, -0.15) is 5.10 Å². The quantitative estimate of drug-likeness (QED) is 0.341. The number of hydrogen-bond acceptors (Lipinski definition) is 9. The number of nitrogens with one attached hydrogen (secondary N) is 2. The number of hydrogen-bond donors (Lipinski definition) is 3. The first-order valence-electron chi connectivity index (χ1n) is 13.8. The number of amides is 2. The van der Waals surface area contributed by atoms with Gasteiger partial charge in [-0.3, -0.25) is 29.8 Å². The SMILES string of the molecule is Nc1n[nH]c2c(CN3CCC4(CC3)COC4)cc(-c3ccc4c(c3)CN(C3CCC(=O)NC3=O)C3OC43)nc12. The average Bonchev–Trinajstić information content (AvgIpc) is 3.64. The lowest BCUT2D eigenvalue weighted by Gasteiger charge is -2.47. The summed E-state index contributed by atoms with van der Waals surface area (Å²) in [6.07, 6.45) is 3.03. The summed E-state index contributed by atoms with van der Waals surface area (Å²) in [4.78, 5) is 33.8. The Bertz CT molecular complexity index is 1510. The molecular formula is C28H31N7O4. The summed E-state index contributed by atoms with van der Waals surface area (Å²) >= 11 is 0. The molecule has 8 rings (SSSR count). The number of piperidine rings is 2. The highest BCUT2D eigenvalue weighted by molar-refractivity contribution is 6.00. The fraction of sp³-hybridized carbons (Fsp3) is 0.500. The molecule has 5 aliphatic rings. The first-order valence-corrected chi connectivity index (χ1v) is 13.8. The lowest BCUT2D eigenvalue weighted by Crippen LogP contribution is -2.53. The molecular weight excluding hydrogens is 498 g/mol. The number of aromatic amines is 1. The van der Waals surface area contributed by atoms with E-state index in [-0.39, 0.29) is 30.2 Å². The first-order chi connectivity index (χ1) is 19.0. The van der Waals surface area contributed by atoms with Crippen LogP contribution in [0.25, 0.3) is 22.3 Å². The van der Waals surface area contributed by atoms with Crippen LogP contribution in [0.2, 0.25) is 0 Å². The number of ether oxygens (including phenoxy) is 2. The Labute approximate surface area is 225 Å². The van der Waals surface area contributed by atoms with Gasteiger partial charge in [0.05, 0.1) is 30.5 Å². The minimum absolute atomic E-state index is 0.0489. The van der Waals surface area contributed by atoms with Gasteiger partial charge in [0.25, 0.3) is 0 Å². The number of nitrogen functional groups attached to an aromatic ring is 1. The molecule has 4 fully saturated rings. The van der Waals surface area contributed by atoms with Crippen molar-refractivity contribution in [3.8, 4) is 11.3 Å². The Morgan fingerprint density at radius 3 is 2.77 bits per heavy atom. The molecule has 2 aromatic heterocycles. The van der Waals surface area contributed by atoms with E-state index in [1.54, 1.807) is 0 Å². The maximum atomic E-state index is 12.6. The van der Waals surface area contributed by atoms with Crippen LogP contribution < -0.4 is 11.1 Å². The number of likely N-dealkylation sites (tertiary alicyclic amines) is 1. The molecule has 11 nitrogen and oxygen atoms in total. The lowest BCUT2D eigenvalue weighted by molar-refractivity contribution is -0.140. The number of carbonyl (C=O) groups excluding carboxylic acids is 2. The van der Waals surface area contributed by atoms with E-state index in [1.807, 2.05) is 0 Å². The van der Waals surface area contributed by atoms with Crippen molar-refractivity contribution in [1.82, 2.24) is 30.3 Å². The van der Waals surface area contributed by atoms with Gasteiger partial charge >= 0.3 is 0 Å². The maximum absolute atomic E-state index is 12.6. The Balaban J connectivity index is 1.09. The molecule has 0 saturated carbocycles. The minimum Gasteiger partial charge on any atom is -0.380 e. The topological polar surface area (TPSA) is 142 Å². The summed E-state index contributed by atoms with van der Waals surface area (Å²) in [5.74, 6) is -0.0459. The monoisotopic (exact) mass is 529 g/mol. The molecule has 4 N–H and O–H groups in total. The number of nitrogens with zero attached hydrogens (tertiary/aromatic N) is 4. The van der Waals surface area contributed by atoms with E-state index in [1.165, 1.54) is 0 Å². The van der Waals surface area contributed by atoms with Gasteiger partial charge in [0, 0.05) is 30.5 Å². The molecule has 0 radical (unpaired) electrons. The molecule has 2 amide bonds. The highest BCUT2D eigenvalue weighted by Crippen LogP contribution is 2.49. The molecule has 3 atom stereocenters. The number of benzene rings is 1. The summed E-state index contributed by atoms with van der Waals surface area (Å²) in [6.45, 7) is 5.27. The molecule has 11 heteroatoms. The van der Waals surface area contributed by atoms with Crippen LogP contribution in [0.5, 0.6) is 0 Å². The zero-order chi connectivity index (χ0) is 26.3. The highest BCUT2D eigenvalue weighted by Gasteiger charge is 2.53. The second kappa shape index (κ2) is 8.56. The normalized spacial score (nSPS) is 28.2. The van der Waals surface area contributed by atoms with E-state index < -0.39 is 0 Å². The number of carbonyl (C=O) groups is 2. The van der Waals surface area contributed by atoms with E-state index in [4.69, 9.17) is 20.2 Å². The molecule has 3 aromatic rings. The number of fused-ring (bicyclic) bond motifs is 4. The summed E-state index contributed by atoms with van der Waals surface area (Å²) in [6, 6.07) is 8.15. The molecule has 202 valence electrons. The number of aromatic nitrogens is 3. The van der Waals surface area contributed by atoms with Crippen LogP contribution in [0.4, 0.5) is 5.82 Å². The van der Waals surface area contributed by atoms with Crippen molar-refractivity contribution in [2.45, 2.75) is 57.1 Å². The van der Waals surface area contributed by atoms with Crippen LogP contribution >= 0.6 is 0 Å². The van der Waals surface area contributed by atoms with Crippen LogP contribution in [0.3, 0.4) is 0 Å². The predicted molar refractivity (Wildman–Crippen MR) is 141 cm³/mol. The second-order valence-corrected chi connectivity index (χ2v) is 11.8. The minimum atomic E-state index is -0.364. The van der Waals surface area contributed by atoms with Crippen LogP contribution in [0, 0.1) is 5.41 Å². The molecule has 3 unspecified atom stereocenters. The summed E-state index contributed by atoms with van der Waals surface area (Å²) in [7, 11) is 0. The Morgan fingerprint density at radius 2 is 2.00 bits per heavy atom. The zero-order valence-electron chi connectivity index (χ0n) is 21.6. The molecule has 0 aliphatic carbocycles. The van der Waals surface area contributed by atoms with Crippen molar-refractivity contribution in [2.24, 2.45) is 5.41 Å². The van der Waals surface area contributed by atoms with Crippen molar-refractivity contribution in [3.05, 3.63) is 41.0 Å². The third-order valence-electron chi connectivity index (χ3n) is 9.26. The Morgan fingerprint density at radius 1 is 1.15 bits per heavy atom. The van der Waals surface area contributed by atoms with Gasteiger partial charge < -0.3 is 15.2 Å². The van der Waals surface area contributed by atoms with Gasteiger partial charge in [-0.05, 0) is 61.2 Å². The highest BCUT2D eigenvalue weighted by atomic mass is 16.6. The van der Waals surface area contributed by atoms with E-state index in [9.17, 15) is 9.59 Å². The van der Waals surface area contributed by atoms with Crippen molar-refractivity contribution >= 4 is 28.7 Å². The Kier molecular flexibility index (Phi) is 5.16. The third-order valence-corrected chi connectivity index (χ3v) is 9.26. The molecule has 5 aliphatic heterocycles. The van der Waals surface area contributed by atoms with Crippen molar-refractivity contribution in [2.75, 3.05) is 32.0 Å². The van der Waals surface area contributed by atoms with Crippen LogP contribution in [-0.4, -0.2) is 75.4 Å². The largest absolute Gasteiger partial charge is 0.380 e. The third kappa shape index (κ3) is 3.87. The number of rotatable bonds is 4. The zero-order valence-corrected chi connectivity index (χ0v) is 21.6. The van der Waals surface area contributed by atoms with Gasteiger partial charge in [0.2, 0.25) is 11.8 Å². The van der Waals surface area contributed by atoms with E-state index >= 15 is 0 Å². The van der Waals surface area contributed by atoms with Gasteiger partial charge in [-0.25, -0.2) is 4.98 Å².